The number of hydrogen-bond donors (Lipinski definition) is 1. The third-order valence-electron chi connectivity index (χ3n) is 3.99. The maximum Gasteiger partial charge on any atom is 0.246 e. The Balaban J connectivity index is 1.55. The molecule has 114 valence electrons. The summed E-state index contributed by atoms with van der Waals surface area (Å²) >= 11 is 0. The summed E-state index contributed by atoms with van der Waals surface area (Å²) in [6.45, 7) is 1.46. The third kappa shape index (κ3) is 3.36. The number of carbonyl (C=O) groups excluding carboxylic acids is 1. The van der Waals surface area contributed by atoms with Gasteiger partial charge in [-0.2, -0.15) is 0 Å². The van der Waals surface area contributed by atoms with Crippen LogP contribution in [0.5, 0.6) is 0 Å². The molecule has 0 aliphatic carbocycles. The minimum absolute atomic E-state index is 0.0574. The number of nitrogens with zero attached hydrogens (tertiary/aromatic N) is 2. The van der Waals surface area contributed by atoms with Gasteiger partial charge in [0.15, 0.2) is 0 Å². The molecular weight excluding hydrogens is 278 g/mol. The van der Waals surface area contributed by atoms with E-state index in [-0.39, 0.29) is 5.91 Å². The molecule has 2 heterocycles. The molecule has 22 heavy (non-hydrogen) atoms. The molecular formula is C17H19N3O2. The summed E-state index contributed by atoms with van der Waals surface area (Å²) in [5.41, 5.74) is 7.48. The van der Waals surface area contributed by atoms with Crippen LogP contribution < -0.4 is 5.73 Å². The molecule has 3 rings (SSSR count). The fraction of sp³-hybridized carbons (Fsp3) is 0.294. The highest BCUT2D eigenvalue weighted by molar-refractivity contribution is 5.91. The minimum Gasteiger partial charge on any atom is -0.368 e. The molecule has 1 aliphatic rings. The quantitative estimate of drug-likeness (QED) is 0.884. The monoisotopic (exact) mass is 297 g/mol. The van der Waals surface area contributed by atoms with E-state index in [0.29, 0.717) is 11.8 Å². The van der Waals surface area contributed by atoms with Crippen LogP contribution in [0.3, 0.4) is 0 Å². The van der Waals surface area contributed by atoms with Gasteiger partial charge in [-0.25, -0.2) is 0 Å². The number of benzene rings is 1. The summed E-state index contributed by atoms with van der Waals surface area (Å²) < 4.78 is 4.92. The van der Waals surface area contributed by atoms with Gasteiger partial charge in [0, 0.05) is 31.1 Å². The molecule has 1 aromatic heterocycles. The number of carbonyl (C=O) groups is 1. The number of anilines is 1. The molecule has 1 aromatic carbocycles. The lowest BCUT2D eigenvalue weighted by molar-refractivity contribution is -0.126. The van der Waals surface area contributed by atoms with Gasteiger partial charge < -0.3 is 15.2 Å². The first-order valence-electron chi connectivity index (χ1n) is 7.46. The van der Waals surface area contributed by atoms with Crippen LogP contribution in [0.15, 0.2) is 47.0 Å². The molecule has 0 radical (unpaired) electrons. The second kappa shape index (κ2) is 6.47. The van der Waals surface area contributed by atoms with Crippen LogP contribution >= 0.6 is 0 Å². The molecule has 0 unspecified atom stereocenters. The van der Waals surface area contributed by atoms with Crippen molar-refractivity contribution in [2.45, 2.75) is 18.8 Å². The van der Waals surface area contributed by atoms with Gasteiger partial charge in [-0.3, -0.25) is 4.79 Å². The topological polar surface area (TPSA) is 72.4 Å². The lowest BCUT2D eigenvalue weighted by atomic mass is 9.93. The third-order valence-corrected chi connectivity index (χ3v) is 3.99. The normalized spacial score (nSPS) is 16.3. The van der Waals surface area contributed by atoms with Gasteiger partial charge in [0.2, 0.25) is 11.8 Å². The van der Waals surface area contributed by atoms with Crippen LogP contribution in [0.25, 0.3) is 6.08 Å². The molecule has 1 fully saturated rings. The van der Waals surface area contributed by atoms with E-state index in [9.17, 15) is 4.79 Å². The van der Waals surface area contributed by atoms with E-state index in [1.165, 1.54) is 0 Å². The Kier molecular flexibility index (Phi) is 4.23. The Hall–Kier alpha value is -2.56. The molecule has 1 saturated heterocycles. The van der Waals surface area contributed by atoms with Crippen molar-refractivity contribution >= 4 is 17.9 Å². The van der Waals surface area contributed by atoms with Gasteiger partial charge in [-0.1, -0.05) is 35.5 Å². The van der Waals surface area contributed by atoms with Crippen molar-refractivity contribution in [3.05, 3.63) is 53.7 Å². The Morgan fingerprint density at radius 1 is 1.27 bits per heavy atom. The van der Waals surface area contributed by atoms with Crippen molar-refractivity contribution in [3.63, 3.8) is 0 Å². The number of amides is 1. The van der Waals surface area contributed by atoms with E-state index in [0.717, 1.165) is 37.2 Å². The summed E-state index contributed by atoms with van der Waals surface area (Å²) in [4.78, 5) is 14.1. The average molecular weight is 297 g/mol. The molecule has 5 nitrogen and oxygen atoms in total. The number of piperidine rings is 1. The van der Waals surface area contributed by atoms with Crippen LogP contribution in [0, 0.1) is 0 Å². The van der Waals surface area contributed by atoms with Crippen LogP contribution in [0.4, 0.5) is 5.88 Å². The lowest BCUT2D eigenvalue weighted by Gasteiger charge is -2.30. The zero-order chi connectivity index (χ0) is 15.4. The first-order chi connectivity index (χ1) is 10.7. The van der Waals surface area contributed by atoms with Crippen LogP contribution in [-0.4, -0.2) is 29.1 Å². The van der Waals surface area contributed by atoms with Crippen LogP contribution in [0.2, 0.25) is 0 Å². The van der Waals surface area contributed by atoms with Gasteiger partial charge in [-0.15, -0.1) is 0 Å². The van der Waals surface area contributed by atoms with Crippen molar-refractivity contribution < 1.29 is 9.32 Å². The SMILES string of the molecule is Nc1cc(C2CCN(C(=O)C=Cc3ccccc3)CC2)no1. The van der Waals surface area contributed by atoms with Gasteiger partial charge in [-0.05, 0) is 24.5 Å². The Morgan fingerprint density at radius 2 is 2.00 bits per heavy atom. The standard InChI is InChI=1S/C17H19N3O2/c18-16-12-15(19-22-16)14-8-10-20(11-9-14)17(21)7-6-13-4-2-1-3-5-13/h1-7,12,14H,8-11,18H2. The number of hydrogen-bond acceptors (Lipinski definition) is 4. The molecule has 5 heteroatoms. The summed E-state index contributed by atoms with van der Waals surface area (Å²) in [6, 6.07) is 11.6. The van der Waals surface area contributed by atoms with E-state index in [2.05, 4.69) is 5.16 Å². The molecule has 0 atom stereocenters. The van der Waals surface area contributed by atoms with Crippen LogP contribution in [0.1, 0.15) is 30.0 Å². The van der Waals surface area contributed by atoms with Gasteiger partial charge >= 0.3 is 0 Å². The van der Waals surface area contributed by atoms with E-state index < -0.39 is 0 Å². The molecule has 1 aliphatic heterocycles. The number of rotatable bonds is 3. The summed E-state index contributed by atoms with van der Waals surface area (Å²) in [7, 11) is 0. The minimum atomic E-state index is 0.0574. The van der Waals surface area contributed by atoms with Crippen molar-refractivity contribution in [1.82, 2.24) is 10.1 Å². The summed E-state index contributed by atoms with van der Waals surface area (Å²) in [5, 5.41) is 3.97. The number of aromatic nitrogens is 1. The van der Waals surface area contributed by atoms with Gasteiger partial charge in [0.1, 0.15) is 0 Å². The molecule has 2 N–H and O–H groups in total. The maximum absolute atomic E-state index is 12.2. The zero-order valence-corrected chi connectivity index (χ0v) is 12.3. The zero-order valence-electron chi connectivity index (χ0n) is 12.3. The molecule has 2 aromatic rings. The Bertz CT molecular complexity index is 656. The fourth-order valence-corrected chi connectivity index (χ4v) is 2.73. The highest BCUT2D eigenvalue weighted by atomic mass is 16.5. The second-order valence-corrected chi connectivity index (χ2v) is 5.50. The first kappa shape index (κ1) is 14.4. The molecule has 0 spiro atoms. The van der Waals surface area contributed by atoms with E-state index >= 15 is 0 Å². The highest BCUT2D eigenvalue weighted by Gasteiger charge is 2.24. The van der Waals surface area contributed by atoms with Crippen LogP contribution in [-0.2, 0) is 4.79 Å². The molecule has 1 amide bonds. The summed E-state index contributed by atoms with van der Waals surface area (Å²) in [5.74, 6) is 0.726. The molecule has 0 bridgehead atoms. The number of nitrogen functional groups attached to an aromatic ring is 1. The predicted octanol–water partition coefficient (Wildman–Crippen LogP) is 2.68. The number of likely N-dealkylation sites (tertiary alicyclic amines) is 1. The van der Waals surface area contributed by atoms with E-state index in [1.807, 2.05) is 41.3 Å². The fourth-order valence-electron chi connectivity index (χ4n) is 2.73. The number of nitrogens with two attached hydrogens (primary N) is 1. The maximum atomic E-state index is 12.2. The largest absolute Gasteiger partial charge is 0.368 e. The van der Waals surface area contributed by atoms with Crippen molar-refractivity contribution in [2.75, 3.05) is 18.8 Å². The summed E-state index contributed by atoms with van der Waals surface area (Å²) in [6.07, 6.45) is 5.27. The Morgan fingerprint density at radius 3 is 2.64 bits per heavy atom. The molecule has 0 saturated carbocycles. The highest BCUT2D eigenvalue weighted by Crippen LogP contribution is 2.28. The Labute approximate surface area is 129 Å². The smallest absolute Gasteiger partial charge is 0.246 e. The van der Waals surface area contributed by atoms with Crippen molar-refractivity contribution in [2.24, 2.45) is 0 Å². The van der Waals surface area contributed by atoms with Gasteiger partial charge in [0.05, 0.1) is 5.69 Å². The average Bonchev–Trinajstić information content (AvgIpc) is 3.00. The van der Waals surface area contributed by atoms with Gasteiger partial charge in [0.25, 0.3) is 0 Å². The van der Waals surface area contributed by atoms with E-state index in [4.69, 9.17) is 10.3 Å². The van der Waals surface area contributed by atoms with Crippen molar-refractivity contribution in [1.29, 1.82) is 0 Å². The van der Waals surface area contributed by atoms with Crippen molar-refractivity contribution in [3.8, 4) is 0 Å². The predicted molar refractivity (Wildman–Crippen MR) is 84.9 cm³/mol. The van der Waals surface area contributed by atoms with E-state index in [1.54, 1.807) is 12.1 Å². The lowest BCUT2D eigenvalue weighted by Crippen LogP contribution is -2.36. The first-order valence-corrected chi connectivity index (χ1v) is 7.46. The second-order valence-electron chi connectivity index (χ2n) is 5.50.